The van der Waals surface area contributed by atoms with Crippen LogP contribution in [0.1, 0.15) is 26.5 Å². The van der Waals surface area contributed by atoms with Gasteiger partial charge in [0.25, 0.3) is 0 Å². The standard InChI is InChI=1S/C21H21ClN4O3/c1-13-10-18(26-19(24-13)14-6-5-9-23-12-14)28-17-8-7-15(11-16(17)22)25-20(27)29-21(2,3)4/h5-12H,1-4H3,(H,25,27). The summed E-state index contributed by atoms with van der Waals surface area (Å²) in [5.74, 6) is 1.26. The van der Waals surface area contributed by atoms with Crippen LogP contribution in [0.5, 0.6) is 11.6 Å². The lowest BCUT2D eigenvalue weighted by molar-refractivity contribution is 0.0636. The van der Waals surface area contributed by atoms with Gasteiger partial charge in [0.15, 0.2) is 5.82 Å². The molecule has 2 heterocycles. The Labute approximate surface area is 174 Å². The van der Waals surface area contributed by atoms with Gasteiger partial charge in [-0.05, 0) is 58.0 Å². The normalized spacial score (nSPS) is 11.1. The minimum atomic E-state index is -0.589. The smallest absolute Gasteiger partial charge is 0.412 e. The van der Waals surface area contributed by atoms with Gasteiger partial charge in [0.2, 0.25) is 5.88 Å². The third-order valence-corrected chi connectivity index (χ3v) is 3.84. The topological polar surface area (TPSA) is 86.2 Å². The fourth-order valence-electron chi connectivity index (χ4n) is 2.41. The number of aromatic nitrogens is 3. The summed E-state index contributed by atoms with van der Waals surface area (Å²) in [4.78, 5) is 24.8. The van der Waals surface area contributed by atoms with E-state index in [-0.39, 0.29) is 0 Å². The highest BCUT2D eigenvalue weighted by atomic mass is 35.5. The molecule has 7 nitrogen and oxygen atoms in total. The first-order chi connectivity index (χ1) is 13.7. The van der Waals surface area contributed by atoms with Crippen molar-refractivity contribution in [2.45, 2.75) is 33.3 Å². The first-order valence-electron chi connectivity index (χ1n) is 8.93. The number of hydrogen-bond donors (Lipinski definition) is 1. The summed E-state index contributed by atoms with van der Waals surface area (Å²) < 4.78 is 11.1. The molecule has 1 aromatic carbocycles. The number of aryl methyl sites for hydroxylation is 1. The van der Waals surface area contributed by atoms with E-state index >= 15 is 0 Å². The molecule has 0 radical (unpaired) electrons. The van der Waals surface area contributed by atoms with Gasteiger partial charge in [-0.25, -0.2) is 9.78 Å². The zero-order valence-electron chi connectivity index (χ0n) is 16.6. The van der Waals surface area contributed by atoms with Gasteiger partial charge in [-0.1, -0.05) is 11.6 Å². The average molecular weight is 413 g/mol. The van der Waals surface area contributed by atoms with E-state index in [1.165, 1.54) is 0 Å². The molecule has 0 unspecified atom stereocenters. The lowest BCUT2D eigenvalue weighted by atomic mass is 10.2. The first kappa shape index (κ1) is 20.5. The van der Waals surface area contributed by atoms with Crippen LogP contribution in [0, 0.1) is 6.92 Å². The number of nitrogens with one attached hydrogen (secondary N) is 1. The van der Waals surface area contributed by atoms with E-state index in [1.807, 2.05) is 19.1 Å². The maximum Gasteiger partial charge on any atom is 0.412 e. The molecule has 8 heteroatoms. The minimum absolute atomic E-state index is 0.317. The Morgan fingerprint density at radius 1 is 1.14 bits per heavy atom. The quantitative estimate of drug-likeness (QED) is 0.596. The average Bonchev–Trinajstić information content (AvgIpc) is 2.63. The van der Waals surface area contributed by atoms with Crippen molar-refractivity contribution < 1.29 is 14.3 Å². The van der Waals surface area contributed by atoms with Crippen molar-refractivity contribution in [2.24, 2.45) is 0 Å². The van der Waals surface area contributed by atoms with Crippen molar-refractivity contribution in [3.63, 3.8) is 0 Å². The van der Waals surface area contributed by atoms with Crippen LogP contribution in [0.2, 0.25) is 5.02 Å². The van der Waals surface area contributed by atoms with Crippen molar-refractivity contribution in [1.82, 2.24) is 15.0 Å². The molecule has 0 aliphatic heterocycles. The Hall–Kier alpha value is -3.19. The fraction of sp³-hybridized carbons (Fsp3) is 0.238. The summed E-state index contributed by atoms with van der Waals surface area (Å²) in [5, 5.41) is 2.95. The number of carbonyl (C=O) groups is 1. The van der Waals surface area contributed by atoms with Crippen LogP contribution in [0.25, 0.3) is 11.4 Å². The summed E-state index contributed by atoms with van der Waals surface area (Å²) in [5.41, 5.74) is 1.43. The van der Waals surface area contributed by atoms with Gasteiger partial charge in [-0.2, -0.15) is 4.98 Å². The van der Waals surface area contributed by atoms with Gasteiger partial charge < -0.3 is 9.47 Å². The largest absolute Gasteiger partial charge is 0.444 e. The van der Waals surface area contributed by atoms with Crippen LogP contribution in [0.3, 0.4) is 0 Å². The second-order valence-corrected chi connectivity index (χ2v) is 7.69. The minimum Gasteiger partial charge on any atom is -0.444 e. The second kappa shape index (κ2) is 8.45. The number of amides is 1. The molecular weight excluding hydrogens is 392 g/mol. The third kappa shape index (κ3) is 5.89. The van der Waals surface area contributed by atoms with Gasteiger partial charge >= 0.3 is 6.09 Å². The maximum atomic E-state index is 11.9. The number of nitrogens with zero attached hydrogens (tertiary/aromatic N) is 3. The first-order valence-corrected chi connectivity index (χ1v) is 9.31. The predicted octanol–water partition coefficient (Wildman–Crippen LogP) is 5.64. The monoisotopic (exact) mass is 412 g/mol. The van der Waals surface area contributed by atoms with Crippen LogP contribution < -0.4 is 10.1 Å². The van der Waals surface area contributed by atoms with Crippen molar-refractivity contribution in [3.05, 3.63) is 59.5 Å². The Morgan fingerprint density at radius 3 is 2.59 bits per heavy atom. The van der Waals surface area contributed by atoms with Gasteiger partial charge in [0, 0.05) is 35.4 Å². The molecular formula is C21H21ClN4O3. The number of carbonyl (C=O) groups excluding carboxylic acids is 1. The summed E-state index contributed by atoms with van der Waals surface area (Å²) in [6.45, 7) is 7.23. The molecule has 0 bridgehead atoms. The van der Waals surface area contributed by atoms with Crippen LogP contribution in [0.4, 0.5) is 10.5 Å². The number of pyridine rings is 1. The van der Waals surface area contributed by atoms with E-state index < -0.39 is 11.7 Å². The van der Waals surface area contributed by atoms with E-state index in [0.717, 1.165) is 11.3 Å². The van der Waals surface area contributed by atoms with Crippen molar-refractivity contribution in [2.75, 3.05) is 5.32 Å². The molecule has 1 N–H and O–H groups in total. The highest BCUT2D eigenvalue weighted by Crippen LogP contribution is 2.32. The highest BCUT2D eigenvalue weighted by Gasteiger charge is 2.17. The van der Waals surface area contributed by atoms with Gasteiger partial charge in [-0.3, -0.25) is 10.3 Å². The molecule has 0 saturated carbocycles. The van der Waals surface area contributed by atoms with Crippen LogP contribution in [0.15, 0.2) is 48.8 Å². The second-order valence-electron chi connectivity index (χ2n) is 7.29. The van der Waals surface area contributed by atoms with E-state index in [2.05, 4.69) is 20.3 Å². The molecule has 29 heavy (non-hydrogen) atoms. The molecule has 0 fully saturated rings. The molecule has 2 aromatic heterocycles. The number of halogens is 1. The molecule has 3 rings (SSSR count). The Kier molecular flexibility index (Phi) is 5.98. The molecule has 150 valence electrons. The Morgan fingerprint density at radius 2 is 1.93 bits per heavy atom. The molecule has 0 atom stereocenters. The van der Waals surface area contributed by atoms with Gasteiger partial charge in [0.05, 0.1) is 5.02 Å². The number of anilines is 1. The fourth-order valence-corrected chi connectivity index (χ4v) is 2.63. The lowest BCUT2D eigenvalue weighted by Gasteiger charge is -2.19. The summed E-state index contributed by atoms with van der Waals surface area (Å²) >= 11 is 6.32. The molecule has 1 amide bonds. The van der Waals surface area contributed by atoms with Crippen LogP contribution in [-0.4, -0.2) is 26.6 Å². The van der Waals surface area contributed by atoms with Crippen LogP contribution in [-0.2, 0) is 4.74 Å². The maximum absolute atomic E-state index is 11.9. The van der Waals surface area contributed by atoms with Crippen molar-refractivity contribution in [1.29, 1.82) is 0 Å². The zero-order chi connectivity index (χ0) is 21.0. The number of hydrogen-bond acceptors (Lipinski definition) is 6. The van der Waals surface area contributed by atoms with E-state index in [1.54, 1.807) is 57.4 Å². The zero-order valence-corrected chi connectivity index (χ0v) is 17.3. The van der Waals surface area contributed by atoms with Gasteiger partial charge in [0.1, 0.15) is 11.4 Å². The number of benzene rings is 1. The van der Waals surface area contributed by atoms with Crippen molar-refractivity contribution in [3.8, 4) is 23.0 Å². The third-order valence-electron chi connectivity index (χ3n) is 3.54. The highest BCUT2D eigenvalue weighted by molar-refractivity contribution is 6.32. The summed E-state index contributed by atoms with van der Waals surface area (Å²) in [7, 11) is 0. The number of ether oxygens (including phenoxy) is 2. The Bertz CT molecular complexity index is 1020. The van der Waals surface area contributed by atoms with Crippen molar-refractivity contribution >= 4 is 23.4 Å². The molecule has 0 aliphatic carbocycles. The van der Waals surface area contributed by atoms with Crippen LogP contribution >= 0.6 is 11.6 Å². The molecule has 0 saturated heterocycles. The molecule has 0 spiro atoms. The lowest BCUT2D eigenvalue weighted by Crippen LogP contribution is -2.27. The Balaban J connectivity index is 1.77. The summed E-state index contributed by atoms with van der Waals surface area (Å²) in [6.07, 6.45) is 2.81. The molecule has 0 aliphatic rings. The van der Waals surface area contributed by atoms with E-state index in [0.29, 0.717) is 28.2 Å². The van der Waals surface area contributed by atoms with Gasteiger partial charge in [-0.15, -0.1) is 0 Å². The van der Waals surface area contributed by atoms with E-state index in [4.69, 9.17) is 21.1 Å². The predicted molar refractivity (Wildman–Crippen MR) is 111 cm³/mol. The number of rotatable bonds is 4. The SMILES string of the molecule is Cc1cc(Oc2ccc(NC(=O)OC(C)(C)C)cc2Cl)nc(-c2cccnc2)n1. The van der Waals surface area contributed by atoms with E-state index in [9.17, 15) is 4.79 Å². The summed E-state index contributed by atoms with van der Waals surface area (Å²) in [6, 6.07) is 10.3. The molecule has 3 aromatic rings.